The monoisotopic (exact) mass is 492 g/mol. The highest BCUT2D eigenvalue weighted by molar-refractivity contribution is 6.42. The van der Waals surface area contributed by atoms with Crippen LogP contribution in [0.2, 0.25) is 15.1 Å². The number of halogens is 3. The number of aliphatic hydroxyl groups excluding tert-OH is 1. The quantitative estimate of drug-likeness (QED) is 0.629. The summed E-state index contributed by atoms with van der Waals surface area (Å²) in [5.41, 5.74) is 6.38. The summed E-state index contributed by atoms with van der Waals surface area (Å²) in [4.78, 5) is 4.92. The second kappa shape index (κ2) is 9.63. The van der Waals surface area contributed by atoms with Gasteiger partial charge in [-0.2, -0.15) is 0 Å². The van der Waals surface area contributed by atoms with Crippen molar-refractivity contribution in [2.75, 3.05) is 45.9 Å². The molecule has 1 fully saturated rings. The molecule has 170 valence electrons. The van der Waals surface area contributed by atoms with Gasteiger partial charge in [-0.15, -0.1) is 0 Å². The number of ether oxygens (including phenoxy) is 1. The molecule has 3 aliphatic rings. The summed E-state index contributed by atoms with van der Waals surface area (Å²) in [5, 5.41) is 12.8. The molecule has 1 N–H and O–H groups in total. The van der Waals surface area contributed by atoms with Crippen LogP contribution in [0.4, 0.5) is 0 Å². The van der Waals surface area contributed by atoms with Crippen LogP contribution in [0.3, 0.4) is 0 Å². The molecular formula is C25H27Cl3N2O2. The molecule has 4 nitrogen and oxygen atoms in total. The number of benzene rings is 2. The lowest BCUT2D eigenvalue weighted by atomic mass is 9.91. The fourth-order valence-electron chi connectivity index (χ4n) is 5.23. The number of β-amino-alcohol motifs (C(OH)–C–C–N with tert-alkyl or cyclic N) is 1. The van der Waals surface area contributed by atoms with E-state index in [1.54, 1.807) is 12.1 Å². The van der Waals surface area contributed by atoms with Gasteiger partial charge in [-0.25, -0.2) is 0 Å². The summed E-state index contributed by atoms with van der Waals surface area (Å²) < 4.78 is 5.56. The molecule has 1 aliphatic carbocycles. The van der Waals surface area contributed by atoms with Crippen LogP contribution in [0, 0.1) is 0 Å². The zero-order valence-corrected chi connectivity index (χ0v) is 20.1. The molecule has 2 unspecified atom stereocenters. The van der Waals surface area contributed by atoms with Gasteiger partial charge in [0.05, 0.1) is 29.4 Å². The number of nitrogens with zero attached hydrogens (tertiary/aromatic N) is 2. The molecule has 2 aliphatic heterocycles. The molecule has 0 radical (unpaired) electrons. The Morgan fingerprint density at radius 1 is 1.00 bits per heavy atom. The molecule has 2 heterocycles. The van der Waals surface area contributed by atoms with Crippen LogP contribution in [0.1, 0.15) is 29.2 Å². The Bertz CT molecular complexity index is 1040. The maximum atomic E-state index is 11.1. The molecule has 7 heteroatoms. The summed E-state index contributed by atoms with van der Waals surface area (Å²) in [6.45, 7) is 5.85. The summed E-state index contributed by atoms with van der Waals surface area (Å²) >= 11 is 18.6. The molecule has 1 saturated heterocycles. The molecule has 32 heavy (non-hydrogen) atoms. The highest BCUT2D eigenvalue weighted by atomic mass is 35.5. The van der Waals surface area contributed by atoms with Crippen molar-refractivity contribution in [3.8, 4) is 0 Å². The minimum Gasteiger partial charge on any atom is -0.387 e. The van der Waals surface area contributed by atoms with Gasteiger partial charge >= 0.3 is 0 Å². The zero-order valence-electron chi connectivity index (χ0n) is 17.9. The normalized spacial score (nSPS) is 22.7. The summed E-state index contributed by atoms with van der Waals surface area (Å²) in [6.07, 6.45) is 1.30. The Kier molecular flexibility index (Phi) is 6.82. The van der Waals surface area contributed by atoms with Gasteiger partial charge in [0.2, 0.25) is 0 Å². The van der Waals surface area contributed by atoms with Crippen molar-refractivity contribution in [2.45, 2.75) is 25.0 Å². The highest BCUT2D eigenvalue weighted by Crippen LogP contribution is 2.42. The Balaban J connectivity index is 1.41. The SMILES string of the molecule is OC(CN1CCC2=C(Cc3ccc(Cl)cc32)C1CN1CCOCC1)c1ccc(Cl)c(Cl)c1. The van der Waals surface area contributed by atoms with Gasteiger partial charge in [0, 0.05) is 43.8 Å². The lowest BCUT2D eigenvalue weighted by molar-refractivity contribution is 0.0192. The molecule has 5 rings (SSSR count). The predicted molar refractivity (Wildman–Crippen MR) is 131 cm³/mol. The summed E-state index contributed by atoms with van der Waals surface area (Å²) in [7, 11) is 0. The van der Waals surface area contributed by atoms with Crippen LogP contribution in [-0.2, 0) is 11.2 Å². The summed E-state index contributed by atoms with van der Waals surface area (Å²) in [5.74, 6) is 0. The number of hydrogen-bond donors (Lipinski definition) is 1. The van der Waals surface area contributed by atoms with Crippen molar-refractivity contribution in [3.05, 3.63) is 73.7 Å². The van der Waals surface area contributed by atoms with E-state index in [2.05, 4.69) is 21.9 Å². The number of hydrogen-bond acceptors (Lipinski definition) is 4. The van der Waals surface area contributed by atoms with Crippen molar-refractivity contribution >= 4 is 40.4 Å². The summed E-state index contributed by atoms with van der Waals surface area (Å²) in [6, 6.07) is 11.9. The van der Waals surface area contributed by atoms with Crippen LogP contribution < -0.4 is 0 Å². The molecule has 2 atom stereocenters. The minimum atomic E-state index is -0.627. The van der Waals surface area contributed by atoms with Gasteiger partial charge in [-0.05, 0) is 64.9 Å². The lowest BCUT2D eigenvalue weighted by Gasteiger charge is -2.41. The Morgan fingerprint density at radius 2 is 1.81 bits per heavy atom. The molecule has 0 amide bonds. The van der Waals surface area contributed by atoms with Gasteiger partial charge < -0.3 is 9.84 Å². The first-order valence-electron chi connectivity index (χ1n) is 11.2. The topological polar surface area (TPSA) is 35.9 Å². The third-order valence-electron chi connectivity index (χ3n) is 6.93. The van der Waals surface area contributed by atoms with Crippen LogP contribution in [-0.4, -0.2) is 66.9 Å². The standard InChI is InChI=1S/C25H27Cl3N2O2/c26-18-3-1-16-11-21-19(20(16)13-18)5-6-30(24(21)14-29-7-9-32-10-8-29)15-25(31)17-2-4-22(27)23(28)12-17/h1-4,12-13,24-25,31H,5-11,14-15H2. The number of rotatable bonds is 5. The van der Waals surface area contributed by atoms with Gasteiger partial charge in [0.25, 0.3) is 0 Å². The molecule has 2 aromatic carbocycles. The largest absolute Gasteiger partial charge is 0.387 e. The number of aliphatic hydroxyl groups is 1. The Hall–Kier alpha value is -1.11. The van der Waals surface area contributed by atoms with E-state index >= 15 is 0 Å². The van der Waals surface area contributed by atoms with Crippen molar-refractivity contribution in [1.82, 2.24) is 9.80 Å². The van der Waals surface area contributed by atoms with Crippen molar-refractivity contribution < 1.29 is 9.84 Å². The van der Waals surface area contributed by atoms with E-state index in [9.17, 15) is 5.11 Å². The van der Waals surface area contributed by atoms with Crippen LogP contribution in [0.25, 0.3) is 5.57 Å². The molecule has 2 aromatic rings. The lowest BCUT2D eigenvalue weighted by Crippen LogP contribution is -2.51. The maximum absolute atomic E-state index is 11.1. The first-order valence-corrected chi connectivity index (χ1v) is 12.3. The number of fused-ring (bicyclic) bond motifs is 2. The van der Waals surface area contributed by atoms with E-state index in [-0.39, 0.29) is 6.04 Å². The van der Waals surface area contributed by atoms with E-state index in [4.69, 9.17) is 39.5 Å². The Morgan fingerprint density at radius 3 is 2.59 bits per heavy atom. The van der Waals surface area contributed by atoms with E-state index in [1.165, 1.54) is 22.3 Å². The van der Waals surface area contributed by atoms with Gasteiger partial charge in [0.1, 0.15) is 0 Å². The van der Waals surface area contributed by atoms with E-state index in [1.807, 2.05) is 12.1 Å². The van der Waals surface area contributed by atoms with Crippen LogP contribution >= 0.6 is 34.8 Å². The third-order valence-corrected chi connectivity index (χ3v) is 7.90. The molecule has 0 bridgehead atoms. The van der Waals surface area contributed by atoms with Crippen LogP contribution in [0.5, 0.6) is 0 Å². The Labute approximate surface area is 204 Å². The smallest absolute Gasteiger partial charge is 0.0917 e. The first kappa shape index (κ1) is 22.7. The fraction of sp³-hybridized carbons (Fsp3) is 0.440. The molecule has 0 saturated carbocycles. The van der Waals surface area contributed by atoms with Gasteiger partial charge in [-0.3, -0.25) is 9.80 Å². The van der Waals surface area contributed by atoms with Gasteiger partial charge in [0.15, 0.2) is 0 Å². The van der Waals surface area contributed by atoms with Crippen molar-refractivity contribution in [1.29, 1.82) is 0 Å². The fourth-order valence-corrected chi connectivity index (χ4v) is 5.71. The predicted octanol–water partition coefficient (Wildman–Crippen LogP) is 5.10. The maximum Gasteiger partial charge on any atom is 0.0917 e. The minimum absolute atomic E-state index is 0.250. The second-order valence-electron chi connectivity index (χ2n) is 8.85. The average Bonchev–Trinajstić information content (AvgIpc) is 3.16. The van der Waals surface area contributed by atoms with E-state index < -0.39 is 6.10 Å². The molecular weight excluding hydrogens is 467 g/mol. The highest BCUT2D eigenvalue weighted by Gasteiger charge is 2.36. The zero-order chi connectivity index (χ0) is 22.2. The third kappa shape index (κ3) is 4.60. The van der Waals surface area contributed by atoms with Gasteiger partial charge in [-0.1, -0.05) is 46.9 Å². The average molecular weight is 494 g/mol. The van der Waals surface area contributed by atoms with Crippen molar-refractivity contribution in [2.24, 2.45) is 0 Å². The van der Waals surface area contributed by atoms with E-state index in [0.717, 1.165) is 62.8 Å². The van der Waals surface area contributed by atoms with Crippen LogP contribution in [0.15, 0.2) is 42.0 Å². The molecule has 0 spiro atoms. The molecule has 0 aromatic heterocycles. The van der Waals surface area contributed by atoms with Crippen molar-refractivity contribution in [3.63, 3.8) is 0 Å². The van der Waals surface area contributed by atoms with E-state index in [0.29, 0.717) is 16.6 Å². The second-order valence-corrected chi connectivity index (χ2v) is 10.1. The first-order chi connectivity index (χ1) is 15.5. The number of morpholine rings is 1.